The van der Waals surface area contributed by atoms with Crippen molar-refractivity contribution in [3.63, 3.8) is 0 Å². The van der Waals surface area contributed by atoms with Crippen molar-refractivity contribution in [2.75, 3.05) is 26.7 Å². The molecule has 118 valence electrons. The van der Waals surface area contributed by atoms with E-state index >= 15 is 0 Å². The number of hydrogen-bond donors (Lipinski definition) is 1. The molecule has 1 unspecified atom stereocenters. The number of benzene rings is 1. The molecule has 1 aliphatic heterocycles. The summed E-state index contributed by atoms with van der Waals surface area (Å²) in [7, 11) is 2.08. The predicted molar refractivity (Wildman–Crippen MR) is 85.1 cm³/mol. The van der Waals surface area contributed by atoms with E-state index in [1.807, 2.05) is 35.0 Å². The van der Waals surface area contributed by atoms with Crippen LogP contribution < -0.4 is 5.32 Å². The first-order valence-corrected chi connectivity index (χ1v) is 7.64. The minimum atomic E-state index is 0.159. The van der Waals surface area contributed by atoms with Gasteiger partial charge in [-0.05, 0) is 31.3 Å². The highest BCUT2D eigenvalue weighted by Gasteiger charge is 2.25. The molecule has 0 radical (unpaired) electrons. The van der Waals surface area contributed by atoms with Gasteiger partial charge in [-0.1, -0.05) is 5.16 Å². The number of aromatic nitrogens is 4. The molecule has 2 aromatic heterocycles. The number of rotatable bonds is 3. The van der Waals surface area contributed by atoms with Gasteiger partial charge in [0, 0.05) is 43.3 Å². The Kier molecular flexibility index (Phi) is 3.64. The molecule has 1 aliphatic rings. The number of likely N-dealkylation sites (N-methyl/N-ethyl adjacent to an activating group) is 1. The predicted octanol–water partition coefficient (Wildman–Crippen LogP) is 1.50. The van der Waals surface area contributed by atoms with Crippen molar-refractivity contribution in [3.8, 4) is 17.1 Å². The highest BCUT2D eigenvalue weighted by Crippen LogP contribution is 2.23. The zero-order valence-electron chi connectivity index (χ0n) is 12.9. The van der Waals surface area contributed by atoms with Gasteiger partial charge in [-0.3, -0.25) is 4.90 Å². The van der Waals surface area contributed by atoms with E-state index < -0.39 is 0 Å². The standard InChI is InChI=1S/C16H18N6O/c1-21-8-6-17-10-14(21)15-19-16(23-20-15)12-2-4-13(5-3-12)22-9-7-18-11-22/h2-5,7,9,11,14,17H,6,8,10H2,1H3. The molecular weight excluding hydrogens is 292 g/mol. The van der Waals surface area contributed by atoms with Gasteiger partial charge in [0.2, 0.25) is 0 Å². The summed E-state index contributed by atoms with van der Waals surface area (Å²) in [5.41, 5.74) is 1.96. The summed E-state index contributed by atoms with van der Waals surface area (Å²) in [5.74, 6) is 1.28. The fraction of sp³-hybridized carbons (Fsp3) is 0.312. The third-order valence-electron chi connectivity index (χ3n) is 4.17. The summed E-state index contributed by atoms with van der Waals surface area (Å²) < 4.78 is 7.40. The van der Waals surface area contributed by atoms with Crippen LogP contribution in [0.15, 0.2) is 47.5 Å². The van der Waals surface area contributed by atoms with Crippen molar-refractivity contribution in [1.82, 2.24) is 29.9 Å². The second kappa shape index (κ2) is 5.94. The summed E-state index contributed by atoms with van der Waals surface area (Å²) in [6, 6.07) is 8.14. The van der Waals surface area contributed by atoms with E-state index in [-0.39, 0.29) is 6.04 Å². The molecule has 1 saturated heterocycles. The molecular formula is C16H18N6O. The maximum atomic E-state index is 5.45. The first kappa shape index (κ1) is 14.1. The summed E-state index contributed by atoms with van der Waals surface area (Å²) in [6.07, 6.45) is 5.43. The monoisotopic (exact) mass is 310 g/mol. The van der Waals surface area contributed by atoms with E-state index in [1.165, 1.54) is 0 Å². The molecule has 0 saturated carbocycles. The van der Waals surface area contributed by atoms with E-state index in [1.54, 1.807) is 12.5 Å². The van der Waals surface area contributed by atoms with Crippen LogP contribution in [0, 0.1) is 0 Å². The molecule has 1 fully saturated rings. The second-order valence-corrected chi connectivity index (χ2v) is 5.68. The Labute approximate surface area is 133 Å². The van der Waals surface area contributed by atoms with Crippen molar-refractivity contribution >= 4 is 0 Å². The van der Waals surface area contributed by atoms with Gasteiger partial charge < -0.3 is 14.4 Å². The maximum Gasteiger partial charge on any atom is 0.257 e. The van der Waals surface area contributed by atoms with Crippen LogP contribution in [0.3, 0.4) is 0 Å². The van der Waals surface area contributed by atoms with Crippen LogP contribution in [0.1, 0.15) is 11.9 Å². The molecule has 7 nitrogen and oxygen atoms in total. The van der Waals surface area contributed by atoms with Gasteiger partial charge in [0.05, 0.1) is 12.4 Å². The van der Waals surface area contributed by atoms with Crippen LogP contribution in [-0.4, -0.2) is 51.3 Å². The van der Waals surface area contributed by atoms with Crippen molar-refractivity contribution in [2.45, 2.75) is 6.04 Å². The Hall–Kier alpha value is -2.51. The summed E-state index contributed by atoms with van der Waals surface area (Å²) in [4.78, 5) is 10.9. The lowest BCUT2D eigenvalue weighted by molar-refractivity contribution is 0.190. The third kappa shape index (κ3) is 2.76. The molecule has 3 heterocycles. The van der Waals surface area contributed by atoms with Crippen molar-refractivity contribution in [2.24, 2.45) is 0 Å². The third-order valence-corrected chi connectivity index (χ3v) is 4.17. The minimum Gasteiger partial charge on any atom is -0.334 e. The molecule has 3 aromatic rings. The van der Waals surface area contributed by atoms with E-state index in [2.05, 4.69) is 32.4 Å². The van der Waals surface area contributed by atoms with Crippen LogP contribution in [0.2, 0.25) is 0 Å². The number of nitrogens with one attached hydrogen (secondary N) is 1. The molecule has 23 heavy (non-hydrogen) atoms. The maximum absolute atomic E-state index is 5.45. The molecule has 0 bridgehead atoms. The van der Waals surface area contributed by atoms with Crippen molar-refractivity contribution in [1.29, 1.82) is 0 Å². The Morgan fingerprint density at radius 1 is 1.26 bits per heavy atom. The normalized spacial score (nSPS) is 19.1. The first-order valence-electron chi connectivity index (χ1n) is 7.64. The van der Waals surface area contributed by atoms with Gasteiger partial charge in [-0.25, -0.2) is 4.98 Å². The topological polar surface area (TPSA) is 72.0 Å². The van der Waals surface area contributed by atoms with Gasteiger partial charge >= 0.3 is 0 Å². The largest absolute Gasteiger partial charge is 0.334 e. The molecule has 0 amide bonds. The lowest BCUT2D eigenvalue weighted by atomic mass is 10.2. The average Bonchev–Trinajstić information content (AvgIpc) is 3.27. The van der Waals surface area contributed by atoms with E-state index in [0.717, 1.165) is 36.7 Å². The van der Waals surface area contributed by atoms with Gasteiger partial charge in [0.25, 0.3) is 5.89 Å². The lowest BCUT2D eigenvalue weighted by Gasteiger charge is -2.30. The fourth-order valence-corrected chi connectivity index (χ4v) is 2.77. The smallest absolute Gasteiger partial charge is 0.257 e. The van der Waals surface area contributed by atoms with Crippen LogP contribution in [0.25, 0.3) is 17.1 Å². The highest BCUT2D eigenvalue weighted by molar-refractivity contribution is 5.55. The fourth-order valence-electron chi connectivity index (χ4n) is 2.77. The quantitative estimate of drug-likeness (QED) is 0.790. The Morgan fingerprint density at radius 2 is 2.13 bits per heavy atom. The average molecular weight is 310 g/mol. The van der Waals surface area contributed by atoms with Gasteiger partial charge in [0.15, 0.2) is 5.82 Å². The van der Waals surface area contributed by atoms with Crippen LogP contribution in [-0.2, 0) is 0 Å². The Balaban J connectivity index is 1.56. The van der Waals surface area contributed by atoms with Crippen molar-refractivity contribution in [3.05, 3.63) is 48.8 Å². The summed E-state index contributed by atoms with van der Waals surface area (Å²) in [6.45, 7) is 2.82. The van der Waals surface area contributed by atoms with Gasteiger partial charge in [-0.15, -0.1) is 0 Å². The molecule has 0 aliphatic carbocycles. The number of piperazine rings is 1. The molecule has 4 rings (SSSR count). The van der Waals surface area contributed by atoms with Crippen LogP contribution in [0.5, 0.6) is 0 Å². The van der Waals surface area contributed by atoms with Gasteiger partial charge in [0.1, 0.15) is 0 Å². The molecule has 1 atom stereocenters. The summed E-state index contributed by atoms with van der Waals surface area (Å²) >= 11 is 0. The van der Waals surface area contributed by atoms with E-state index in [0.29, 0.717) is 5.89 Å². The molecule has 0 spiro atoms. The van der Waals surface area contributed by atoms with E-state index in [9.17, 15) is 0 Å². The summed E-state index contributed by atoms with van der Waals surface area (Å²) in [5, 5.41) is 7.52. The zero-order valence-corrected chi connectivity index (χ0v) is 12.9. The second-order valence-electron chi connectivity index (χ2n) is 5.68. The molecule has 1 N–H and O–H groups in total. The Morgan fingerprint density at radius 3 is 2.87 bits per heavy atom. The molecule has 1 aromatic carbocycles. The van der Waals surface area contributed by atoms with Crippen LogP contribution >= 0.6 is 0 Å². The number of hydrogen-bond acceptors (Lipinski definition) is 6. The number of nitrogens with zero attached hydrogens (tertiary/aromatic N) is 5. The zero-order chi connectivity index (χ0) is 15.6. The Bertz CT molecular complexity index is 764. The highest BCUT2D eigenvalue weighted by atomic mass is 16.5. The van der Waals surface area contributed by atoms with Crippen LogP contribution in [0.4, 0.5) is 0 Å². The first-order chi connectivity index (χ1) is 11.3. The minimum absolute atomic E-state index is 0.159. The lowest BCUT2D eigenvalue weighted by Crippen LogP contribution is -2.44. The SMILES string of the molecule is CN1CCNCC1c1noc(-c2ccc(-n3ccnc3)cc2)n1. The van der Waals surface area contributed by atoms with E-state index in [4.69, 9.17) is 4.52 Å². The van der Waals surface area contributed by atoms with Crippen molar-refractivity contribution < 1.29 is 4.52 Å². The number of imidazole rings is 1. The van der Waals surface area contributed by atoms with Gasteiger partial charge in [-0.2, -0.15) is 4.98 Å². The molecule has 7 heteroatoms.